The van der Waals surface area contributed by atoms with E-state index in [1.54, 1.807) is 0 Å². The summed E-state index contributed by atoms with van der Waals surface area (Å²) >= 11 is 0. The Balaban J connectivity index is 2.53. The molecule has 1 heterocycles. The lowest BCUT2D eigenvalue weighted by Gasteiger charge is -2.16. The quantitative estimate of drug-likeness (QED) is 0.514. The predicted octanol–water partition coefficient (Wildman–Crippen LogP) is 0.0853. The van der Waals surface area contributed by atoms with Crippen LogP contribution in [0.1, 0.15) is 19.8 Å². The smallest absolute Gasteiger partial charge is 0.320 e. The van der Waals surface area contributed by atoms with Crippen molar-refractivity contribution in [1.29, 1.82) is 0 Å². The van der Waals surface area contributed by atoms with Crippen LogP contribution < -0.4 is 0 Å². The third-order valence-corrected chi connectivity index (χ3v) is 1.58. The second kappa shape index (κ2) is 2.68. The lowest BCUT2D eigenvalue weighted by molar-refractivity contribution is -0.187. The minimum atomic E-state index is -0.111. The highest BCUT2D eigenvalue weighted by molar-refractivity contribution is 5.78. The van der Waals surface area contributed by atoms with E-state index in [4.69, 9.17) is 0 Å². The van der Waals surface area contributed by atoms with Crippen LogP contribution in [0, 0.1) is 0 Å². The minimum absolute atomic E-state index is 0.0395. The van der Waals surface area contributed by atoms with Crippen LogP contribution >= 0.6 is 0 Å². The van der Waals surface area contributed by atoms with E-state index in [2.05, 4.69) is 4.84 Å². The summed E-state index contributed by atoms with van der Waals surface area (Å²) in [5.41, 5.74) is 0. The average Bonchev–Trinajstić information content (AvgIpc) is 2.20. The Hall–Kier alpha value is -1.06. The molecular weight excluding hydrogens is 134 g/mol. The van der Waals surface area contributed by atoms with Gasteiger partial charge in [0.25, 0.3) is 5.91 Å². The standard InChI is InChI=1S/C6H9NO3/c1-5-2-3-6(9)7(5)10-4-8/h4-5H,2-3H2,1H3. The molecule has 0 radical (unpaired) electrons. The maximum absolute atomic E-state index is 10.8. The normalized spacial score (nSPS) is 25.1. The second-order valence-corrected chi connectivity index (χ2v) is 2.31. The van der Waals surface area contributed by atoms with Crippen LogP contribution in [0.25, 0.3) is 0 Å². The van der Waals surface area contributed by atoms with Gasteiger partial charge in [-0.05, 0) is 13.3 Å². The molecule has 4 nitrogen and oxygen atoms in total. The fourth-order valence-corrected chi connectivity index (χ4v) is 1.01. The van der Waals surface area contributed by atoms with E-state index >= 15 is 0 Å². The van der Waals surface area contributed by atoms with Gasteiger partial charge < -0.3 is 4.84 Å². The first-order valence-electron chi connectivity index (χ1n) is 3.18. The van der Waals surface area contributed by atoms with Gasteiger partial charge in [-0.1, -0.05) is 0 Å². The Morgan fingerprint density at radius 1 is 1.80 bits per heavy atom. The number of rotatable bonds is 2. The van der Waals surface area contributed by atoms with Crippen LogP contribution in [0.4, 0.5) is 0 Å². The highest BCUT2D eigenvalue weighted by Gasteiger charge is 2.28. The third kappa shape index (κ3) is 1.10. The van der Waals surface area contributed by atoms with Crippen molar-refractivity contribution in [3.63, 3.8) is 0 Å². The van der Waals surface area contributed by atoms with Crippen molar-refractivity contribution in [2.24, 2.45) is 0 Å². The highest BCUT2D eigenvalue weighted by atomic mass is 16.7. The van der Waals surface area contributed by atoms with Gasteiger partial charge in [0.15, 0.2) is 0 Å². The first-order chi connectivity index (χ1) is 4.75. The summed E-state index contributed by atoms with van der Waals surface area (Å²) in [6.07, 6.45) is 1.25. The van der Waals surface area contributed by atoms with Crippen molar-refractivity contribution < 1.29 is 14.4 Å². The zero-order chi connectivity index (χ0) is 7.56. The Morgan fingerprint density at radius 3 is 2.90 bits per heavy atom. The van der Waals surface area contributed by atoms with Crippen LogP contribution in [0.15, 0.2) is 0 Å². The topological polar surface area (TPSA) is 46.6 Å². The predicted molar refractivity (Wildman–Crippen MR) is 32.7 cm³/mol. The van der Waals surface area contributed by atoms with E-state index in [1.165, 1.54) is 0 Å². The summed E-state index contributed by atoms with van der Waals surface area (Å²) < 4.78 is 0. The number of nitrogens with zero attached hydrogens (tertiary/aromatic N) is 1. The summed E-state index contributed by atoms with van der Waals surface area (Å²) in [6.45, 7) is 2.12. The van der Waals surface area contributed by atoms with E-state index in [0.29, 0.717) is 6.42 Å². The summed E-state index contributed by atoms with van der Waals surface area (Å²) in [4.78, 5) is 25.1. The molecule has 1 atom stereocenters. The molecule has 1 unspecified atom stereocenters. The van der Waals surface area contributed by atoms with Gasteiger partial charge in [-0.25, -0.2) is 0 Å². The van der Waals surface area contributed by atoms with Crippen molar-refractivity contribution in [1.82, 2.24) is 5.06 Å². The van der Waals surface area contributed by atoms with Crippen molar-refractivity contribution in [2.45, 2.75) is 25.8 Å². The monoisotopic (exact) mass is 143 g/mol. The van der Waals surface area contributed by atoms with Gasteiger partial charge in [0.1, 0.15) is 0 Å². The van der Waals surface area contributed by atoms with Crippen LogP contribution in [-0.4, -0.2) is 23.5 Å². The van der Waals surface area contributed by atoms with Gasteiger partial charge in [-0.15, -0.1) is 0 Å². The molecule has 1 aliphatic rings. The van der Waals surface area contributed by atoms with Gasteiger partial charge in [-0.3, -0.25) is 9.59 Å². The molecule has 1 amide bonds. The van der Waals surface area contributed by atoms with Crippen LogP contribution in [0.2, 0.25) is 0 Å². The lowest BCUT2D eigenvalue weighted by Crippen LogP contribution is -2.30. The first kappa shape index (κ1) is 7.05. The Bertz CT molecular complexity index is 157. The van der Waals surface area contributed by atoms with Gasteiger partial charge >= 0.3 is 6.47 Å². The van der Waals surface area contributed by atoms with E-state index in [1.807, 2.05) is 6.92 Å². The van der Waals surface area contributed by atoms with E-state index in [9.17, 15) is 9.59 Å². The fraction of sp³-hybridized carbons (Fsp3) is 0.667. The molecule has 1 fully saturated rings. The fourth-order valence-electron chi connectivity index (χ4n) is 1.01. The SMILES string of the molecule is CC1CCC(=O)N1OC=O. The summed E-state index contributed by atoms with van der Waals surface area (Å²) in [6, 6.07) is 0.0395. The summed E-state index contributed by atoms with van der Waals surface area (Å²) in [7, 11) is 0. The number of hydrogen-bond acceptors (Lipinski definition) is 3. The molecule has 0 bridgehead atoms. The van der Waals surface area contributed by atoms with E-state index < -0.39 is 0 Å². The maximum Gasteiger partial charge on any atom is 0.320 e. The highest BCUT2D eigenvalue weighted by Crippen LogP contribution is 2.16. The maximum atomic E-state index is 10.8. The van der Waals surface area contributed by atoms with E-state index in [-0.39, 0.29) is 18.4 Å². The van der Waals surface area contributed by atoms with Crippen LogP contribution in [0.3, 0.4) is 0 Å². The number of carbonyl (C=O) groups excluding carboxylic acids is 2. The molecule has 56 valence electrons. The molecule has 0 aromatic carbocycles. The van der Waals surface area contributed by atoms with Crippen LogP contribution in [0.5, 0.6) is 0 Å². The molecule has 0 aliphatic carbocycles. The third-order valence-electron chi connectivity index (χ3n) is 1.58. The minimum Gasteiger partial charge on any atom is -0.341 e. The average molecular weight is 143 g/mol. The molecule has 0 saturated carbocycles. The molecule has 0 spiro atoms. The second-order valence-electron chi connectivity index (χ2n) is 2.31. The number of hydroxylamine groups is 2. The molecule has 10 heavy (non-hydrogen) atoms. The van der Waals surface area contributed by atoms with Gasteiger partial charge in [0.05, 0.1) is 6.04 Å². The largest absolute Gasteiger partial charge is 0.341 e. The number of amides is 1. The molecular formula is C6H9NO3. The molecule has 0 aromatic heterocycles. The molecule has 4 heteroatoms. The van der Waals surface area contributed by atoms with E-state index in [0.717, 1.165) is 11.5 Å². The van der Waals surface area contributed by atoms with Crippen molar-refractivity contribution >= 4 is 12.4 Å². The molecule has 0 aromatic rings. The van der Waals surface area contributed by atoms with Gasteiger partial charge in [0, 0.05) is 6.42 Å². The molecule has 1 saturated heterocycles. The molecule has 1 aliphatic heterocycles. The van der Waals surface area contributed by atoms with Crippen molar-refractivity contribution in [2.75, 3.05) is 0 Å². The number of carbonyl (C=O) groups is 2. The van der Waals surface area contributed by atoms with Crippen molar-refractivity contribution in [3.05, 3.63) is 0 Å². The van der Waals surface area contributed by atoms with Crippen LogP contribution in [-0.2, 0) is 14.4 Å². The van der Waals surface area contributed by atoms with Gasteiger partial charge in [0.2, 0.25) is 0 Å². The first-order valence-corrected chi connectivity index (χ1v) is 3.18. The Labute approximate surface area is 58.7 Å². The summed E-state index contributed by atoms with van der Waals surface area (Å²) in [5, 5.41) is 1.12. The summed E-state index contributed by atoms with van der Waals surface area (Å²) in [5.74, 6) is -0.111. The van der Waals surface area contributed by atoms with Crippen molar-refractivity contribution in [3.8, 4) is 0 Å². The molecule has 0 N–H and O–H groups in total. The number of hydrogen-bond donors (Lipinski definition) is 0. The van der Waals surface area contributed by atoms with Gasteiger partial charge in [-0.2, -0.15) is 5.06 Å². The Kier molecular flexibility index (Phi) is 1.89. The lowest BCUT2D eigenvalue weighted by atomic mass is 10.3. The zero-order valence-electron chi connectivity index (χ0n) is 5.74. The molecule has 1 rings (SSSR count). The zero-order valence-corrected chi connectivity index (χ0v) is 5.74. The Morgan fingerprint density at radius 2 is 2.50 bits per heavy atom.